The Morgan fingerprint density at radius 3 is 2.74 bits per heavy atom. The molecule has 0 radical (unpaired) electrons. The van der Waals surface area contributed by atoms with Gasteiger partial charge in [0.1, 0.15) is 17.2 Å². The topological polar surface area (TPSA) is 83.7 Å². The molecule has 2 aliphatic heterocycles. The lowest BCUT2D eigenvalue weighted by atomic mass is 9.96. The maximum absolute atomic E-state index is 13.3. The van der Waals surface area contributed by atoms with E-state index in [0.29, 0.717) is 48.7 Å². The van der Waals surface area contributed by atoms with Crippen LogP contribution in [0.2, 0.25) is 0 Å². The fourth-order valence-corrected chi connectivity index (χ4v) is 4.81. The number of likely N-dealkylation sites (tertiary alicyclic amines) is 1. The number of nitrogens with one attached hydrogen (secondary N) is 2. The fourth-order valence-electron chi connectivity index (χ4n) is 4.45. The Labute approximate surface area is 187 Å². The van der Waals surface area contributed by atoms with E-state index in [2.05, 4.69) is 26.2 Å². The van der Waals surface area contributed by atoms with Gasteiger partial charge in [-0.15, -0.1) is 0 Å². The zero-order valence-corrected chi connectivity index (χ0v) is 18.8. The quantitative estimate of drug-likeness (QED) is 0.576. The van der Waals surface area contributed by atoms with Crippen LogP contribution in [0.1, 0.15) is 39.3 Å². The van der Waals surface area contributed by atoms with E-state index in [0.717, 1.165) is 20.9 Å². The smallest absolute Gasteiger partial charge is 0.270 e. The normalized spacial score (nSPS) is 17.3. The van der Waals surface area contributed by atoms with Crippen molar-refractivity contribution in [1.82, 2.24) is 15.2 Å². The lowest BCUT2D eigenvalue weighted by Gasteiger charge is -2.44. The SMILES string of the molecule is COc1cccc2c(C)c(C(=O)N3CCC4(CC3)NC(=O)c3cc(Br)ccc3O4)[nH]c12. The standard InChI is InChI=1S/C23H22BrN3O4/c1-13-15-4-3-5-18(30-2)20(15)25-19(13)22(29)27-10-8-23(9-11-27)26-21(28)16-12-14(24)6-7-17(16)31-23/h3-7,12,25H,8-11H2,1-2H3,(H,26,28). The highest BCUT2D eigenvalue weighted by Crippen LogP contribution is 2.36. The van der Waals surface area contributed by atoms with E-state index in [-0.39, 0.29) is 11.8 Å². The number of nitrogens with zero attached hydrogens (tertiary/aromatic N) is 1. The Bertz CT molecular complexity index is 1210. The first-order valence-electron chi connectivity index (χ1n) is 10.2. The number of hydrogen-bond donors (Lipinski definition) is 2. The number of carbonyl (C=O) groups is 2. The third-order valence-corrected chi connectivity index (χ3v) is 6.67. The van der Waals surface area contributed by atoms with Gasteiger partial charge in [0.05, 0.1) is 18.2 Å². The highest BCUT2D eigenvalue weighted by Gasteiger charge is 2.43. The molecule has 0 unspecified atom stereocenters. The summed E-state index contributed by atoms with van der Waals surface area (Å²) in [6, 6.07) is 11.2. The number of H-pyrrole nitrogens is 1. The maximum Gasteiger partial charge on any atom is 0.270 e. The average molecular weight is 484 g/mol. The van der Waals surface area contributed by atoms with E-state index in [1.807, 2.05) is 36.1 Å². The minimum Gasteiger partial charge on any atom is -0.495 e. The fraction of sp³-hybridized carbons (Fsp3) is 0.304. The number of para-hydroxylation sites is 1. The second kappa shape index (κ2) is 7.30. The molecule has 2 aliphatic rings. The Morgan fingerprint density at radius 2 is 2.00 bits per heavy atom. The van der Waals surface area contributed by atoms with Crippen molar-refractivity contribution in [2.75, 3.05) is 20.2 Å². The first-order valence-corrected chi connectivity index (χ1v) is 11.0. The summed E-state index contributed by atoms with van der Waals surface area (Å²) >= 11 is 3.39. The van der Waals surface area contributed by atoms with Crippen LogP contribution in [0.4, 0.5) is 0 Å². The Kier molecular flexibility index (Phi) is 4.69. The van der Waals surface area contributed by atoms with Crippen molar-refractivity contribution in [3.63, 3.8) is 0 Å². The summed E-state index contributed by atoms with van der Waals surface area (Å²) in [6.07, 6.45) is 1.03. The predicted octanol–water partition coefficient (Wildman–Crippen LogP) is 4.00. The van der Waals surface area contributed by atoms with Gasteiger partial charge in [0.25, 0.3) is 11.8 Å². The van der Waals surface area contributed by atoms with Crippen LogP contribution in [-0.4, -0.2) is 47.6 Å². The molecule has 2 N–H and O–H groups in total. The molecule has 1 spiro atoms. The molecule has 1 fully saturated rings. The number of methoxy groups -OCH3 is 1. The van der Waals surface area contributed by atoms with E-state index < -0.39 is 5.72 Å². The first-order chi connectivity index (χ1) is 14.9. The lowest BCUT2D eigenvalue weighted by molar-refractivity contribution is -0.0246. The number of aromatic nitrogens is 1. The predicted molar refractivity (Wildman–Crippen MR) is 120 cm³/mol. The second-order valence-corrected chi connectivity index (χ2v) is 8.91. The molecule has 1 aromatic heterocycles. The number of rotatable bonds is 2. The van der Waals surface area contributed by atoms with Crippen LogP contribution in [0.25, 0.3) is 10.9 Å². The molecule has 5 rings (SSSR count). The summed E-state index contributed by atoms with van der Waals surface area (Å²) in [4.78, 5) is 31.0. The van der Waals surface area contributed by atoms with E-state index in [9.17, 15) is 9.59 Å². The van der Waals surface area contributed by atoms with Crippen LogP contribution in [0, 0.1) is 6.92 Å². The van der Waals surface area contributed by atoms with Crippen LogP contribution < -0.4 is 14.8 Å². The molecule has 31 heavy (non-hydrogen) atoms. The minimum absolute atomic E-state index is 0.0583. The molecular formula is C23H22BrN3O4. The van der Waals surface area contributed by atoms with Gasteiger partial charge in [-0.25, -0.2) is 0 Å². The number of ether oxygens (including phenoxy) is 2. The minimum atomic E-state index is -0.784. The molecule has 3 heterocycles. The third kappa shape index (κ3) is 3.26. The molecule has 160 valence electrons. The molecule has 0 atom stereocenters. The van der Waals surface area contributed by atoms with Gasteiger partial charge < -0.3 is 24.7 Å². The molecule has 3 aromatic rings. The number of hydrogen-bond acceptors (Lipinski definition) is 4. The number of piperidine rings is 1. The number of fused-ring (bicyclic) bond motifs is 2. The van der Waals surface area contributed by atoms with Gasteiger partial charge in [-0.3, -0.25) is 9.59 Å². The number of aryl methyl sites for hydroxylation is 1. The third-order valence-electron chi connectivity index (χ3n) is 6.18. The molecule has 1 saturated heterocycles. The summed E-state index contributed by atoms with van der Waals surface area (Å²) < 4.78 is 12.5. The summed E-state index contributed by atoms with van der Waals surface area (Å²) in [5.74, 6) is 1.07. The number of amides is 2. The van der Waals surface area contributed by atoms with Gasteiger partial charge in [-0.2, -0.15) is 0 Å². The summed E-state index contributed by atoms with van der Waals surface area (Å²) in [5, 5.41) is 3.99. The van der Waals surface area contributed by atoms with Gasteiger partial charge in [-0.05, 0) is 36.8 Å². The lowest BCUT2D eigenvalue weighted by Crippen LogP contribution is -2.61. The van der Waals surface area contributed by atoms with Crippen molar-refractivity contribution in [2.24, 2.45) is 0 Å². The van der Waals surface area contributed by atoms with E-state index in [4.69, 9.17) is 9.47 Å². The molecule has 2 aromatic carbocycles. The van der Waals surface area contributed by atoms with Crippen molar-refractivity contribution < 1.29 is 19.1 Å². The number of benzene rings is 2. The number of halogens is 1. The van der Waals surface area contributed by atoms with Crippen molar-refractivity contribution in [3.8, 4) is 11.5 Å². The molecule has 2 amide bonds. The average Bonchev–Trinajstić information content (AvgIpc) is 3.11. The summed E-state index contributed by atoms with van der Waals surface area (Å²) in [5.41, 5.74) is 2.03. The monoisotopic (exact) mass is 483 g/mol. The van der Waals surface area contributed by atoms with Gasteiger partial charge in [0.15, 0.2) is 5.72 Å². The van der Waals surface area contributed by atoms with Gasteiger partial charge in [0.2, 0.25) is 0 Å². The summed E-state index contributed by atoms with van der Waals surface area (Å²) in [7, 11) is 1.62. The molecule has 7 nitrogen and oxygen atoms in total. The molecule has 0 saturated carbocycles. The van der Waals surface area contributed by atoms with Gasteiger partial charge in [-0.1, -0.05) is 28.1 Å². The van der Waals surface area contributed by atoms with Gasteiger partial charge >= 0.3 is 0 Å². The Balaban J connectivity index is 1.36. The van der Waals surface area contributed by atoms with E-state index in [1.165, 1.54) is 0 Å². The highest BCUT2D eigenvalue weighted by molar-refractivity contribution is 9.10. The van der Waals surface area contributed by atoms with Crippen LogP contribution >= 0.6 is 15.9 Å². The van der Waals surface area contributed by atoms with Crippen molar-refractivity contribution in [3.05, 3.63) is 57.7 Å². The van der Waals surface area contributed by atoms with Crippen molar-refractivity contribution in [2.45, 2.75) is 25.5 Å². The van der Waals surface area contributed by atoms with E-state index >= 15 is 0 Å². The highest BCUT2D eigenvalue weighted by atomic mass is 79.9. The summed E-state index contributed by atoms with van der Waals surface area (Å²) in [6.45, 7) is 2.91. The molecule has 0 aliphatic carbocycles. The maximum atomic E-state index is 13.3. The number of carbonyl (C=O) groups excluding carboxylic acids is 2. The van der Waals surface area contributed by atoms with E-state index in [1.54, 1.807) is 19.2 Å². The Morgan fingerprint density at radius 1 is 1.23 bits per heavy atom. The molecule has 8 heteroatoms. The van der Waals surface area contributed by atoms with Crippen LogP contribution in [0.15, 0.2) is 40.9 Å². The van der Waals surface area contributed by atoms with Crippen LogP contribution in [0.5, 0.6) is 11.5 Å². The van der Waals surface area contributed by atoms with Crippen molar-refractivity contribution in [1.29, 1.82) is 0 Å². The molecular weight excluding hydrogens is 462 g/mol. The second-order valence-electron chi connectivity index (χ2n) is 7.99. The van der Waals surface area contributed by atoms with Gasteiger partial charge in [0, 0.05) is 35.8 Å². The largest absolute Gasteiger partial charge is 0.495 e. The first kappa shape index (κ1) is 19.9. The number of aromatic amines is 1. The molecule has 0 bridgehead atoms. The Hall–Kier alpha value is -3.00. The zero-order valence-electron chi connectivity index (χ0n) is 17.3. The van der Waals surface area contributed by atoms with Crippen molar-refractivity contribution >= 4 is 38.6 Å². The van der Waals surface area contributed by atoms with Crippen LogP contribution in [0.3, 0.4) is 0 Å². The zero-order chi connectivity index (χ0) is 21.8. The van der Waals surface area contributed by atoms with Crippen LogP contribution in [-0.2, 0) is 0 Å².